The second-order valence-corrected chi connectivity index (χ2v) is 10.3. The predicted octanol–water partition coefficient (Wildman–Crippen LogP) is 7.94. The van der Waals surface area contributed by atoms with E-state index in [-0.39, 0.29) is 39.2 Å². The number of halogens is 1. The summed E-state index contributed by atoms with van der Waals surface area (Å²) in [5.41, 5.74) is 6.62. The number of nitriles is 1. The zero-order valence-electron chi connectivity index (χ0n) is 24.7. The molecule has 0 spiro atoms. The molecular weight excluding hydrogens is 618 g/mol. The molecule has 41 heavy (non-hydrogen) atoms. The Balaban J connectivity index is 0.000000391. The van der Waals surface area contributed by atoms with Crippen molar-refractivity contribution in [3.8, 4) is 17.8 Å². The molecule has 4 aromatic rings. The highest BCUT2D eigenvalue weighted by atomic mass is 79.9. The van der Waals surface area contributed by atoms with Gasteiger partial charge in [-0.1, -0.05) is 40.2 Å². The summed E-state index contributed by atoms with van der Waals surface area (Å²) in [6, 6.07) is 17.6. The standard InChI is InChI=1S/C16H17N3O.C15H17BrN2O.2H2S/c1-10-11(2)18-13(4)19-16(10)20-12(3)15-7-5-14(9-17)6-8-15;1-9-10(2)17-12(4)18-15(9)19-11(3)13-5-7-14(16)8-6-13;;/h5-8,12H,1-4H3;5-8,11H,1-4H3;2*1H2/t12-;11-;;/m00../s1. The van der Waals surface area contributed by atoms with Crippen molar-refractivity contribution in [2.24, 2.45) is 0 Å². The van der Waals surface area contributed by atoms with Gasteiger partial charge in [-0.2, -0.15) is 42.2 Å². The van der Waals surface area contributed by atoms with Gasteiger partial charge >= 0.3 is 0 Å². The van der Waals surface area contributed by atoms with Crippen molar-refractivity contribution in [1.29, 1.82) is 5.26 Å². The van der Waals surface area contributed by atoms with Gasteiger partial charge in [0.05, 0.1) is 11.6 Å². The summed E-state index contributed by atoms with van der Waals surface area (Å²) in [5, 5.41) is 8.80. The first-order valence-electron chi connectivity index (χ1n) is 12.7. The lowest BCUT2D eigenvalue weighted by Crippen LogP contribution is -2.08. The Kier molecular flexibility index (Phi) is 14.3. The Bertz CT molecular complexity index is 1480. The van der Waals surface area contributed by atoms with Crippen molar-refractivity contribution in [3.05, 3.63) is 104 Å². The fraction of sp³-hybridized carbons (Fsp3) is 0.323. The monoisotopic (exact) mass is 655 g/mol. The number of ether oxygens (including phenoxy) is 2. The van der Waals surface area contributed by atoms with Gasteiger partial charge in [-0.25, -0.2) is 9.97 Å². The Morgan fingerprint density at radius 3 is 1.37 bits per heavy atom. The van der Waals surface area contributed by atoms with E-state index in [1.54, 1.807) is 12.1 Å². The molecule has 2 atom stereocenters. The molecule has 4 rings (SSSR count). The van der Waals surface area contributed by atoms with Gasteiger partial charge in [0.2, 0.25) is 11.8 Å². The Hall–Kier alpha value is -3.13. The van der Waals surface area contributed by atoms with E-state index in [0.717, 1.165) is 43.9 Å². The fourth-order valence-electron chi connectivity index (χ4n) is 3.74. The average Bonchev–Trinajstić information content (AvgIpc) is 2.90. The third-order valence-electron chi connectivity index (χ3n) is 6.34. The van der Waals surface area contributed by atoms with E-state index in [9.17, 15) is 0 Å². The summed E-state index contributed by atoms with van der Waals surface area (Å²) < 4.78 is 13.0. The van der Waals surface area contributed by atoms with Crippen LogP contribution in [-0.4, -0.2) is 19.9 Å². The molecule has 0 aliphatic heterocycles. The molecule has 0 aliphatic carbocycles. The predicted molar refractivity (Wildman–Crippen MR) is 177 cm³/mol. The molecule has 2 aromatic carbocycles. The molecule has 0 unspecified atom stereocenters. The molecule has 218 valence electrons. The minimum absolute atomic E-state index is 0. The molecule has 0 N–H and O–H groups in total. The molecule has 0 aliphatic rings. The highest BCUT2D eigenvalue weighted by Gasteiger charge is 2.14. The molecule has 0 radical (unpaired) electrons. The van der Waals surface area contributed by atoms with Crippen LogP contribution >= 0.6 is 42.9 Å². The number of aryl methyl sites for hydroxylation is 4. The smallest absolute Gasteiger partial charge is 0.220 e. The maximum Gasteiger partial charge on any atom is 0.220 e. The van der Waals surface area contributed by atoms with Crippen molar-refractivity contribution in [2.75, 3.05) is 0 Å². The fourth-order valence-corrected chi connectivity index (χ4v) is 4.00. The van der Waals surface area contributed by atoms with E-state index < -0.39 is 0 Å². The number of benzene rings is 2. The summed E-state index contributed by atoms with van der Waals surface area (Å²) in [5.74, 6) is 2.73. The maximum absolute atomic E-state index is 8.80. The largest absolute Gasteiger partial charge is 0.469 e. The summed E-state index contributed by atoms with van der Waals surface area (Å²) in [6.45, 7) is 15.6. The van der Waals surface area contributed by atoms with Crippen LogP contribution in [0.5, 0.6) is 11.8 Å². The van der Waals surface area contributed by atoms with Gasteiger partial charge in [-0.3, -0.25) is 0 Å². The third kappa shape index (κ3) is 10.0. The second kappa shape index (κ2) is 16.3. The van der Waals surface area contributed by atoms with Gasteiger partial charge in [-0.05, 0) is 90.8 Å². The Labute approximate surface area is 265 Å². The van der Waals surface area contributed by atoms with Gasteiger partial charge in [0, 0.05) is 27.0 Å². The van der Waals surface area contributed by atoms with E-state index in [1.165, 1.54) is 0 Å². The van der Waals surface area contributed by atoms with Crippen molar-refractivity contribution in [3.63, 3.8) is 0 Å². The van der Waals surface area contributed by atoms with Crippen LogP contribution in [-0.2, 0) is 0 Å². The molecule has 7 nitrogen and oxygen atoms in total. The van der Waals surface area contributed by atoms with Crippen LogP contribution in [0.2, 0.25) is 0 Å². The van der Waals surface area contributed by atoms with E-state index >= 15 is 0 Å². The minimum atomic E-state index is -0.129. The van der Waals surface area contributed by atoms with Crippen LogP contribution in [0.1, 0.15) is 76.9 Å². The van der Waals surface area contributed by atoms with Gasteiger partial charge in [-0.15, -0.1) is 0 Å². The first-order valence-corrected chi connectivity index (χ1v) is 13.5. The number of hydrogen-bond donors (Lipinski definition) is 0. The first kappa shape index (κ1) is 35.9. The minimum Gasteiger partial charge on any atom is -0.469 e. The van der Waals surface area contributed by atoms with Gasteiger partial charge in [0.1, 0.15) is 23.9 Å². The molecule has 0 saturated carbocycles. The molecule has 2 heterocycles. The summed E-state index contributed by atoms with van der Waals surface area (Å²) >= 11 is 3.43. The molecule has 0 bridgehead atoms. The quantitative estimate of drug-likeness (QED) is 0.208. The highest BCUT2D eigenvalue weighted by Crippen LogP contribution is 2.26. The van der Waals surface area contributed by atoms with Crippen LogP contribution in [0.25, 0.3) is 0 Å². The van der Waals surface area contributed by atoms with Gasteiger partial charge in [0.25, 0.3) is 0 Å². The topological polar surface area (TPSA) is 93.8 Å². The van der Waals surface area contributed by atoms with Crippen LogP contribution in [0.4, 0.5) is 0 Å². The molecular formula is C31H38BrN5O2S2. The molecule has 0 saturated heterocycles. The lowest BCUT2D eigenvalue weighted by atomic mass is 10.1. The van der Waals surface area contributed by atoms with Crippen LogP contribution in [0, 0.1) is 52.9 Å². The SMILES string of the molecule is Cc1nc(C)c(C)c(O[C@@H](C)c2ccc(Br)cc2)n1.Cc1nc(C)c(C)c(O[C@@H](C)c2ccc(C#N)cc2)n1.S.S. The highest BCUT2D eigenvalue weighted by molar-refractivity contribution is 9.10. The van der Waals surface area contributed by atoms with E-state index in [0.29, 0.717) is 23.1 Å². The van der Waals surface area contributed by atoms with Crippen LogP contribution < -0.4 is 9.47 Å². The van der Waals surface area contributed by atoms with Crippen molar-refractivity contribution in [2.45, 2.75) is 67.6 Å². The number of aromatic nitrogens is 4. The van der Waals surface area contributed by atoms with E-state index in [1.807, 2.05) is 91.8 Å². The lowest BCUT2D eigenvalue weighted by Gasteiger charge is -2.17. The zero-order valence-corrected chi connectivity index (χ0v) is 28.3. The first-order chi connectivity index (χ1) is 18.5. The van der Waals surface area contributed by atoms with Gasteiger partial charge < -0.3 is 9.47 Å². The summed E-state index contributed by atoms with van der Waals surface area (Å²) in [6.07, 6.45) is -0.171. The average molecular weight is 657 g/mol. The number of rotatable bonds is 6. The van der Waals surface area contributed by atoms with Crippen LogP contribution in [0.3, 0.4) is 0 Å². The van der Waals surface area contributed by atoms with Crippen molar-refractivity contribution >= 4 is 42.9 Å². The zero-order chi connectivity index (χ0) is 28.7. The Morgan fingerprint density at radius 1 is 0.634 bits per heavy atom. The van der Waals surface area contributed by atoms with Gasteiger partial charge in [0.15, 0.2) is 0 Å². The summed E-state index contributed by atoms with van der Waals surface area (Å²) in [7, 11) is 0. The third-order valence-corrected chi connectivity index (χ3v) is 6.87. The number of hydrogen-bond acceptors (Lipinski definition) is 7. The molecule has 2 aromatic heterocycles. The van der Waals surface area contributed by atoms with E-state index in [4.69, 9.17) is 14.7 Å². The Morgan fingerprint density at radius 2 is 1.00 bits per heavy atom. The molecule has 10 heteroatoms. The van der Waals surface area contributed by atoms with E-state index in [2.05, 4.69) is 41.9 Å². The van der Waals surface area contributed by atoms with Crippen molar-refractivity contribution < 1.29 is 9.47 Å². The lowest BCUT2D eigenvalue weighted by molar-refractivity contribution is 0.214. The summed E-state index contributed by atoms with van der Waals surface area (Å²) in [4.78, 5) is 17.4. The molecule has 0 fully saturated rings. The normalized spacial score (nSPS) is 11.4. The van der Waals surface area contributed by atoms with Crippen molar-refractivity contribution in [1.82, 2.24) is 19.9 Å². The number of nitrogens with zero attached hydrogens (tertiary/aromatic N) is 5. The van der Waals surface area contributed by atoms with Crippen LogP contribution in [0.15, 0.2) is 53.0 Å². The molecule has 0 amide bonds. The maximum atomic E-state index is 8.80. The second-order valence-electron chi connectivity index (χ2n) is 9.38.